The van der Waals surface area contributed by atoms with Gasteiger partial charge in [0.1, 0.15) is 0 Å². The molecule has 1 N–H and O–H groups in total. The van der Waals surface area contributed by atoms with Crippen LogP contribution in [-0.2, 0) is 12.0 Å². The van der Waals surface area contributed by atoms with E-state index in [1.54, 1.807) is 0 Å². The Morgan fingerprint density at radius 3 is 2.64 bits per heavy atom. The minimum absolute atomic E-state index is 0.0634. The number of nitrogens with zero attached hydrogens (tertiary/aromatic N) is 1. The zero-order valence-electron chi connectivity index (χ0n) is 12.7. The molecule has 3 aromatic rings. The van der Waals surface area contributed by atoms with Gasteiger partial charge in [-0.25, -0.2) is 0 Å². The summed E-state index contributed by atoms with van der Waals surface area (Å²) in [4.78, 5) is 6.48. The van der Waals surface area contributed by atoms with Gasteiger partial charge in [0.05, 0.1) is 5.54 Å². The monoisotopic (exact) mass is 288 g/mol. The molecule has 1 unspecified atom stereocenters. The van der Waals surface area contributed by atoms with Crippen LogP contribution in [0.3, 0.4) is 0 Å². The van der Waals surface area contributed by atoms with Gasteiger partial charge in [-0.1, -0.05) is 48.5 Å². The lowest BCUT2D eigenvalue weighted by molar-refractivity contribution is 0.161. The summed E-state index contributed by atoms with van der Waals surface area (Å²) < 4.78 is 0. The summed E-state index contributed by atoms with van der Waals surface area (Å²) in [5.41, 5.74) is 5.78. The second-order valence-corrected chi connectivity index (χ2v) is 6.59. The van der Waals surface area contributed by atoms with Crippen LogP contribution in [0.15, 0.2) is 54.6 Å². The van der Waals surface area contributed by atoms with Crippen molar-refractivity contribution in [3.05, 3.63) is 71.4 Å². The summed E-state index contributed by atoms with van der Waals surface area (Å²) in [5.74, 6) is 0. The van der Waals surface area contributed by atoms with Crippen LogP contribution in [0, 0.1) is 0 Å². The van der Waals surface area contributed by atoms with E-state index in [9.17, 15) is 0 Å². The van der Waals surface area contributed by atoms with Crippen LogP contribution in [0.1, 0.15) is 29.7 Å². The first-order chi connectivity index (χ1) is 10.9. The van der Waals surface area contributed by atoms with Crippen LogP contribution in [0.25, 0.3) is 10.9 Å². The van der Waals surface area contributed by atoms with Crippen LogP contribution in [0.5, 0.6) is 0 Å². The average molecular weight is 288 g/mol. The summed E-state index contributed by atoms with van der Waals surface area (Å²) in [6.45, 7) is 2.38. The van der Waals surface area contributed by atoms with E-state index in [-0.39, 0.29) is 5.54 Å². The third-order valence-corrected chi connectivity index (χ3v) is 5.62. The Kier molecular flexibility index (Phi) is 2.53. The van der Waals surface area contributed by atoms with E-state index in [1.807, 2.05) is 0 Å². The Balaban J connectivity index is 1.83. The van der Waals surface area contributed by atoms with Crippen LogP contribution < -0.4 is 0 Å². The zero-order chi connectivity index (χ0) is 14.6. The summed E-state index contributed by atoms with van der Waals surface area (Å²) >= 11 is 0. The summed E-state index contributed by atoms with van der Waals surface area (Å²) in [7, 11) is 0. The first-order valence-electron chi connectivity index (χ1n) is 8.30. The number of aromatic amines is 1. The molecule has 110 valence electrons. The van der Waals surface area contributed by atoms with Crippen LogP contribution in [0.4, 0.5) is 0 Å². The van der Waals surface area contributed by atoms with Crippen molar-refractivity contribution in [3.63, 3.8) is 0 Å². The van der Waals surface area contributed by atoms with Gasteiger partial charge in [0.15, 0.2) is 0 Å². The molecule has 0 aliphatic carbocycles. The highest BCUT2D eigenvalue weighted by Gasteiger charge is 2.48. The molecule has 2 heteroatoms. The molecule has 0 saturated carbocycles. The molecule has 0 amide bonds. The topological polar surface area (TPSA) is 19.0 Å². The predicted molar refractivity (Wildman–Crippen MR) is 90.0 cm³/mol. The van der Waals surface area contributed by atoms with Crippen molar-refractivity contribution in [2.45, 2.75) is 24.8 Å². The number of benzene rings is 2. The lowest BCUT2D eigenvalue weighted by Crippen LogP contribution is -2.47. The second kappa shape index (κ2) is 4.47. The summed E-state index contributed by atoms with van der Waals surface area (Å²) in [5, 5.41) is 1.42. The summed E-state index contributed by atoms with van der Waals surface area (Å²) in [6, 6.07) is 19.9. The maximum absolute atomic E-state index is 3.79. The minimum atomic E-state index is 0.0634. The van der Waals surface area contributed by atoms with Gasteiger partial charge in [0, 0.05) is 23.1 Å². The summed E-state index contributed by atoms with van der Waals surface area (Å²) in [6.07, 6.45) is 3.66. The van der Waals surface area contributed by atoms with Crippen LogP contribution >= 0.6 is 0 Å². The van der Waals surface area contributed by atoms with Crippen LogP contribution in [-0.4, -0.2) is 23.0 Å². The number of hydrogen-bond acceptors (Lipinski definition) is 1. The number of aromatic nitrogens is 1. The highest BCUT2D eigenvalue weighted by Crippen LogP contribution is 2.49. The molecule has 2 aliphatic heterocycles. The van der Waals surface area contributed by atoms with Crippen LogP contribution in [0.2, 0.25) is 0 Å². The molecule has 2 aliphatic rings. The first-order valence-corrected chi connectivity index (χ1v) is 8.30. The molecule has 0 spiro atoms. The van der Waals surface area contributed by atoms with Gasteiger partial charge in [0.25, 0.3) is 0 Å². The SMILES string of the molecule is c1ccc(C23CCCN2CCc2c3[nH]c3ccccc23)cc1. The Morgan fingerprint density at radius 2 is 1.73 bits per heavy atom. The van der Waals surface area contributed by atoms with E-state index >= 15 is 0 Å². The molecule has 1 fully saturated rings. The molecular formula is C20H20N2. The van der Waals surface area contributed by atoms with Gasteiger partial charge in [-0.05, 0) is 43.0 Å². The fraction of sp³-hybridized carbons (Fsp3) is 0.300. The molecule has 22 heavy (non-hydrogen) atoms. The number of para-hydroxylation sites is 1. The highest BCUT2D eigenvalue weighted by molar-refractivity contribution is 5.85. The third-order valence-electron chi connectivity index (χ3n) is 5.62. The Hall–Kier alpha value is -2.06. The average Bonchev–Trinajstić information content (AvgIpc) is 3.17. The van der Waals surface area contributed by atoms with Gasteiger partial charge >= 0.3 is 0 Å². The lowest BCUT2D eigenvalue weighted by atomic mass is 9.79. The second-order valence-electron chi connectivity index (χ2n) is 6.59. The number of hydrogen-bond donors (Lipinski definition) is 1. The fourth-order valence-corrected chi connectivity index (χ4v) is 4.71. The zero-order valence-corrected chi connectivity index (χ0v) is 12.7. The van der Waals surface area contributed by atoms with E-state index in [0.29, 0.717) is 0 Å². The lowest BCUT2D eigenvalue weighted by Gasteiger charge is -2.43. The number of fused-ring (bicyclic) bond motifs is 5. The largest absolute Gasteiger partial charge is 0.356 e. The molecule has 1 aromatic heterocycles. The standard InChI is InChI=1S/C20H20N2/c1-2-7-15(8-3-1)20-12-6-13-22(20)14-11-17-16-9-4-5-10-18(16)21-19(17)20/h1-5,7-10,21H,6,11-14H2. The van der Waals surface area contributed by atoms with Gasteiger partial charge < -0.3 is 4.98 Å². The Bertz CT molecular complexity index is 833. The van der Waals surface area contributed by atoms with Crippen molar-refractivity contribution in [1.82, 2.24) is 9.88 Å². The molecule has 1 saturated heterocycles. The quantitative estimate of drug-likeness (QED) is 0.715. The van der Waals surface area contributed by atoms with Gasteiger partial charge in [-0.2, -0.15) is 0 Å². The normalized spacial score (nSPS) is 24.4. The molecule has 5 rings (SSSR count). The minimum Gasteiger partial charge on any atom is -0.356 e. The van der Waals surface area contributed by atoms with Gasteiger partial charge in [-0.3, -0.25) is 4.90 Å². The number of H-pyrrole nitrogens is 1. The molecule has 0 bridgehead atoms. The van der Waals surface area contributed by atoms with E-state index in [4.69, 9.17) is 0 Å². The van der Waals surface area contributed by atoms with Crippen molar-refractivity contribution < 1.29 is 0 Å². The van der Waals surface area contributed by atoms with Gasteiger partial charge in [-0.15, -0.1) is 0 Å². The molecular weight excluding hydrogens is 268 g/mol. The fourth-order valence-electron chi connectivity index (χ4n) is 4.71. The number of nitrogens with one attached hydrogen (secondary N) is 1. The molecule has 2 nitrogen and oxygen atoms in total. The van der Waals surface area contributed by atoms with Crippen molar-refractivity contribution >= 4 is 10.9 Å². The molecule has 1 atom stereocenters. The van der Waals surface area contributed by atoms with Gasteiger partial charge in [0.2, 0.25) is 0 Å². The van der Waals surface area contributed by atoms with E-state index in [2.05, 4.69) is 64.5 Å². The van der Waals surface area contributed by atoms with Crippen molar-refractivity contribution in [2.24, 2.45) is 0 Å². The van der Waals surface area contributed by atoms with E-state index < -0.39 is 0 Å². The first kappa shape index (κ1) is 12.5. The Morgan fingerprint density at radius 1 is 0.909 bits per heavy atom. The predicted octanol–water partition coefficient (Wildman–Crippen LogP) is 4.06. The smallest absolute Gasteiger partial charge is 0.0870 e. The van der Waals surface area contributed by atoms with E-state index in [0.717, 1.165) is 6.42 Å². The van der Waals surface area contributed by atoms with E-state index in [1.165, 1.54) is 53.7 Å². The third kappa shape index (κ3) is 1.48. The molecule has 2 aromatic carbocycles. The molecule has 3 heterocycles. The van der Waals surface area contributed by atoms with Crippen molar-refractivity contribution in [3.8, 4) is 0 Å². The van der Waals surface area contributed by atoms with Crippen molar-refractivity contribution in [2.75, 3.05) is 13.1 Å². The maximum Gasteiger partial charge on any atom is 0.0870 e. The number of rotatable bonds is 1. The maximum atomic E-state index is 3.79. The Labute approximate surface area is 130 Å². The van der Waals surface area contributed by atoms with Crippen molar-refractivity contribution in [1.29, 1.82) is 0 Å². The molecule has 0 radical (unpaired) electrons. The highest BCUT2D eigenvalue weighted by atomic mass is 15.2.